The number of anilines is 1. The van der Waals surface area contributed by atoms with Crippen molar-refractivity contribution in [2.24, 2.45) is 16.7 Å². The first kappa shape index (κ1) is 58.5. The predicted molar refractivity (Wildman–Crippen MR) is 263 cm³/mol. The van der Waals surface area contributed by atoms with Gasteiger partial charge in [-0.3, -0.25) is 24.7 Å². The molecule has 0 saturated carbocycles. The lowest BCUT2D eigenvalue weighted by molar-refractivity contribution is -0.220. The minimum absolute atomic E-state index is 0.198. The number of carbonyl (C=O) groups excluding carboxylic acids is 4. The normalized spacial score (nSPS) is 16.9. The Morgan fingerprint density at radius 3 is 2.16 bits per heavy atom. The molecule has 2 aromatic carbocycles. The minimum Gasteiger partial charge on any atom is -0.469 e. The number of halogens is 7. The summed E-state index contributed by atoms with van der Waals surface area (Å²) >= 11 is 0. The number of nitrogens with one attached hydrogen (secondary N) is 3. The Labute approximate surface area is 435 Å². The van der Waals surface area contributed by atoms with Crippen LogP contribution in [0.1, 0.15) is 69.8 Å². The predicted octanol–water partition coefficient (Wildman–Crippen LogP) is 6.00. The number of methoxy groups -OCH3 is 2. The Morgan fingerprint density at radius 1 is 0.895 bits per heavy atom. The van der Waals surface area contributed by atoms with Gasteiger partial charge in [-0.15, -0.1) is 0 Å². The summed E-state index contributed by atoms with van der Waals surface area (Å²) in [5.41, 5.74) is -0.910. The Kier molecular flexibility index (Phi) is 19.2. The van der Waals surface area contributed by atoms with Crippen molar-refractivity contribution in [3.05, 3.63) is 101 Å². The molecule has 0 spiro atoms. The van der Waals surface area contributed by atoms with Crippen LogP contribution in [0, 0.1) is 40.2 Å². The number of aromatic nitrogens is 3. The molecular formula is C52H62F7N9O8. The molecule has 2 aliphatic rings. The number of fused-ring (bicyclic) bond motifs is 1. The number of hydrazine groups is 1. The zero-order valence-corrected chi connectivity index (χ0v) is 43.0. The van der Waals surface area contributed by atoms with Crippen molar-refractivity contribution in [2.45, 2.75) is 91.0 Å². The molecule has 76 heavy (non-hydrogen) atoms. The fourth-order valence-corrected chi connectivity index (χ4v) is 8.66. The van der Waals surface area contributed by atoms with Gasteiger partial charge in [-0.2, -0.15) is 27.1 Å². The molecule has 6 rings (SSSR count). The van der Waals surface area contributed by atoms with Crippen molar-refractivity contribution < 1.29 is 69.2 Å². The van der Waals surface area contributed by atoms with Crippen LogP contribution in [0.25, 0.3) is 11.3 Å². The number of pyridine rings is 1. The van der Waals surface area contributed by atoms with Gasteiger partial charge in [0, 0.05) is 73.9 Å². The van der Waals surface area contributed by atoms with Crippen molar-refractivity contribution in [2.75, 3.05) is 65.1 Å². The van der Waals surface area contributed by atoms with Crippen LogP contribution in [0.4, 0.5) is 41.3 Å². The van der Waals surface area contributed by atoms with Gasteiger partial charge >= 0.3 is 24.8 Å². The SMILES string of the molecule is COC(=O)C[C@H](C(=O)NN(Cc1c(F)cc(-c2ccn(C(F)F)n2)cc1F)C[C@H](O)[C@H](Cc1ccc(C#Cc2ccc(N3CCN4CCOC[C@H]4C3)nc2)cc1)NC(=O)[C@@H](NC(=O)OC)C(C)(C)C(F)(F)F)C(C)(C)C. The number of aliphatic hydroxyl groups excluding tert-OH is 1. The number of alkyl carbamates (subject to hydrolysis) is 1. The van der Waals surface area contributed by atoms with Crippen molar-refractivity contribution >= 4 is 29.7 Å². The van der Waals surface area contributed by atoms with E-state index < -0.39 is 108 Å². The number of hydrogen-bond donors (Lipinski definition) is 4. The summed E-state index contributed by atoms with van der Waals surface area (Å²) in [5.74, 6) is 0.278. The van der Waals surface area contributed by atoms with Gasteiger partial charge in [0.05, 0.1) is 69.1 Å². The van der Waals surface area contributed by atoms with E-state index in [2.05, 4.69) is 47.2 Å². The van der Waals surface area contributed by atoms with E-state index >= 15 is 8.78 Å². The standard InChI is InChI=1S/C52H62F7N9O8/c1-50(2,3)37(25-44(70)74-6)46(71)64-67(28-36-38(53)23-34(24-39(36)54)40-16-17-68(63-40)48(55)56)29-42(69)41(61-47(72)45(62-49(73)75-7)51(4,5)52(57,58)59)22-32-11-8-31(9-12-32)10-13-33-14-15-43(60-26-33)66-19-18-65-20-21-76-30-35(65)27-66/h8-9,11-12,14-17,23-24,26,35,37,41-42,45,48,69H,18-22,25,27-30H2,1-7H3,(H,61,72)(H,62,73)(H,64,71)/t35-,37-,41+,42+,45-/m1/s1. The monoisotopic (exact) mass is 1070 g/mol. The van der Waals surface area contributed by atoms with Gasteiger partial charge in [0.1, 0.15) is 23.5 Å². The second kappa shape index (κ2) is 24.9. The average molecular weight is 1070 g/mol. The summed E-state index contributed by atoms with van der Waals surface area (Å²) < 4.78 is 118. The number of amides is 3. The third-order valence-electron chi connectivity index (χ3n) is 13.5. The Bertz CT molecular complexity index is 2700. The topological polar surface area (TPSA) is 193 Å². The highest BCUT2D eigenvalue weighted by molar-refractivity contribution is 5.87. The summed E-state index contributed by atoms with van der Waals surface area (Å²) in [6.45, 7) is 6.38. The van der Waals surface area contributed by atoms with E-state index in [1.165, 1.54) is 0 Å². The molecule has 0 aliphatic carbocycles. The van der Waals surface area contributed by atoms with Crippen LogP contribution in [-0.4, -0.2) is 144 Å². The van der Waals surface area contributed by atoms with E-state index in [0.29, 0.717) is 37.1 Å². The van der Waals surface area contributed by atoms with E-state index in [-0.39, 0.29) is 28.4 Å². The number of benzene rings is 2. The molecule has 2 saturated heterocycles. The first-order chi connectivity index (χ1) is 35.8. The smallest absolute Gasteiger partial charge is 0.407 e. The van der Waals surface area contributed by atoms with Gasteiger partial charge in [-0.25, -0.2) is 28.3 Å². The number of rotatable bonds is 18. The number of ether oxygens (including phenoxy) is 3. The highest BCUT2D eigenvalue weighted by atomic mass is 19.4. The van der Waals surface area contributed by atoms with E-state index in [4.69, 9.17) is 9.47 Å². The summed E-state index contributed by atoms with van der Waals surface area (Å²) in [7, 11) is 1.99. The molecule has 4 aromatic rings. The van der Waals surface area contributed by atoms with Crippen LogP contribution < -0.4 is 21.0 Å². The quantitative estimate of drug-likeness (QED) is 0.0393. The highest BCUT2D eigenvalue weighted by Gasteiger charge is 2.56. The summed E-state index contributed by atoms with van der Waals surface area (Å²) in [6, 6.07) is 9.31. The second-order valence-electron chi connectivity index (χ2n) is 20.2. The summed E-state index contributed by atoms with van der Waals surface area (Å²) in [5, 5.41) is 21.0. The van der Waals surface area contributed by atoms with Crippen molar-refractivity contribution in [1.29, 1.82) is 0 Å². The fourth-order valence-electron chi connectivity index (χ4n) is 8.66. The number of aliphatic hydroxyl groups is 1. The first-order valence-corrected chi connectivity index (χ1v) is 24.2. The van der Waals surface area contributed by atoms with Gasteiger partial charge < -0.3 is 34.9 Å². The molecule has 2 aliphatic heterocycles. The van der Waals surface area contributed by atoms with Gasteiger partial charge in [0.2, 0.25) is 11.8 Å². The molecule has 412 valence electrons. The second-order valence-corrected chi connectivity index (χ2v) is 20.2. The van der Waals surface area contributed by atoms with Crippen LogP contribution in [0.15, 0.2) is 67.0 Å². The third kappa shape index (κ3) is 15.0. The maximum Gasteiger partial charge on any atom is 0.407 e. The third-order valence-corrected chi connectivity index (χ3v) is 13.5. The minimum atomic E-state index is -5.08. The molecule has 17 nitrogen and oxygen atoms in total. The van der Waals surface area contributed by atoms with Crippen molar-refractivity contribution in [3.63, 3.8) is 0 Å². The van der Waals surface area contributed by atoms with E-state index in [1.54, 1.807) is 51.2 Å². The van der Waals surface area contributed by atoms with Gasteiger partial charge in [-0.05, 0) is 73.7 Å². The van der Waals surface area contributed by atoms with Crippen LogP contribution in [0.2, 0.25) is 0 Å². The van der Waals surface area contributed by atoms with Crippen molar-refractivity contribution in [1.82, 2.24) is 40.7 Å². The molecule has 24 heteroatoms. The van der Waals surface area contributed by atoms with Crippen LogP contribution in [0.3, 0.4) is 0 Å². The number of nitrogens with zero attached hydrogens (tertiary/aromatic N) is 6. The largest absolute Gasteiger partial charge is 0.469 e. The van der Waals surface area contributed by atoms with E-state index in [9.17, 15) is 46.2 Å². The molecule has 3 amide bonds. The molecule has 4 heterocycles. The molecule has 4 N–H and O–H groups in total. The molecule has 2 fully saturated rings. The van der Waals surface area contributed by atoms with Gasteiger partial charge in [0.25, 0.3) is 0 Å². The number of carbonyl (C=O) groups is 4. The maximum atomic E-state index is 16.0. The zero-order valence-electron chi connectivity index (χ0n) is 43.0. The number of morpholine rings is 1. The van der Waals surface area contributed by atoms with E-state index in [0.717, 1.165) is 82.2 Å². The molecule has 2 aromatic heterocycles. The fraction of sp³-hybridized carbons (Fsp3) is 0.500. The lowest BCUT2D eigenvalue weighted by atomic mass is 9.78. The Morgan fingerprint density at radius 2 is 1.57 bits per heavy atom. The van der Waals surface area contributed by atoms with Gasteiger partial charge in [0.15, 0.2) is 0 Å². The Balaban J connectivity index is 1.30. The Hall–Kier alpha value is -6.81. The number of esters is 1. The molecule has 5 atom stereocenters. The van der Waals surface area contributed by atoms with Crippen LogP contribution in [0.5, 0.6) is 0 Å². The summed E-state index contributed by atoms with van der Waals surface area (Å²) in [4.78, 5) is 62.3. The van der Waals surface area contributed by atoms with Crippen molar-refractivity contribution in [3.8, 4) is 23.1 Å². The lowest BCUT2D eigenvalue weighted by Gasteiger charge is -2.44. The first-order valence-electron chi connectivity index (χ1n) is 24.2. The maximum absolute atomic E-state index is 16.0. The zero-order chi connectivity index (χ0) is 55.7. The molecule has 0 radical (unpaired) electrons. The number of alkyl halides is 5. The molecule has 0 bridgehead atoms. The molecular weight excluding hydrogens is 1010 g/mol. The summed E-state index contributed by atoms with van der Waals surface area (Å²) in [6.07, 6.45) is -6.56. The van der Waals surface area contributed by atoms with Crippen LogP contribution >= 0.6 is 0 Å². The van der Waals surface area contributed by atoms with Gasteiger partial charge in [-0.1, -0.05) is 44.7 Å². The average Bonchev–Trinajstić information content (AvgIpc) is 3.88. The van der Waals surface area contributed by atoms with Crippen LogP contribution in [-0.2, 0) is 41.6 Å². The number of piperazine rings is 1. The number of hydrogen-bond acceptors (Lipinski definition) is 13. The molecule has 0 unspecified atom stereocenters. The van der Waals surface area contributed by atoms with E-state index in [1.807, 2.05) is 17.4 Å². The lowest BCUT2D eigenvalue weighted by Crippen LogP contribution is -2.62. The highest BCUT2D eigenvalue weighted by Crippen LogP contribution is 2.41.